The molecule has 0 radical (unpaired) electrons. The van der Waals surface area contributed by atoms with Gasteiger partial charge in [-0.2, -0.15) is 0 Å². The Kier molecular flexibility index (Phi) is 8.40. The molecular formula is C26H29NO2S. The zero-order valence-corrected chi connectivity index (χ0v) is 18.5. The standard InChI is InChI=1S/C26H29NO2S/c1-3-29-25-17-16-22(18-23(25)19-30-24-12-8-5-9-13-24)26(28)27-20(2)14-15-21-10-6-4-7-11-21/h4-13,16-18,20H,3,14-15,19H2,1-2H3,(H,27,28)/t20-/m0/s1. The molecule has 0 heterocycles. The molecule has 0 aliphatic rings. The number of thioether (sulfide) groups is 1. The van der Waals surface area contributed by atoms with Crippen molar-refractivity contribution < 1.29 is 9.53 Å². The molecule has 3 aromatic carbocycles. The van der Waals surface area contributed by atoms with Gasteiger partial charge in [0, 0.05) is 27.8 Å². The third-order valence-corrected chi connectivity index (χ3v) is 5.91. The number of rotatable bonds is 10. The van der Waals surface area contributed by atoms with Gasteiger partial charge in [0.25, 0.3) is 5.91 Å². The minimum Gasteiger partial charge on any atom is -0.494 e. The van der Waals surface area contributed by atoms with Crippen LogP contribution in [-0.2, 0) is 12.2 Å². The number of carbonyl (C=O) groups is 1. The van der Waals surface area contributed by atoms with E-state index in [9.17, 15) is 4.79 Å². The Labute approximate surface area is 183 Å². The second-order valence-corrected chi connectivity index (χ2v) is 8.30. The molecule has 1 amide bonds. The van der Waals surface area contributed by atoms with Crippen LogP contribution in [0.25, 0.3) is 0 Å². The molecular weight excluding hydrogens is 390 g/mol. The van der Waals surface area contributed by atoms with Crippen molar-refractivity contribution >= 4 is 17.7 Å². The molecule has 0 unspecified atom stereocenters. The number of ether oxygens (including phenoxy) is 1. The first-order chi connectivity index (χ1) is 14.7. The van der Waals surface area contributed by atoms with E-state index in [0.717, 1.165) is 29.9 Å². The molecule has 3 aromatic rings. The highest BCUT2D eigenvalue weighted by molar-refractivity contribution is 7.98. The van der Waals surface area contributed by atoms with Crippen molar-refractivity contribution in [2.75, 3.05) is 6.61 Å². The highest BCUT2D eigenvalue weighted by Gasteiger charge is 2.13. The molecule has 3 nitrogen and oxygen atoms in total. The van der Waals surface area contributed by atoms with Gasteiger partial charge in [0.05, 0.1) is 6.61 Å². The zero-order chi connectivity index (χ0) is 21.2. The molecule has 0 aromatic heterocycles. The van der Waals surface area contributed by atoms with E-state index in [1.54, 1.807) is 11.8 Å². The minimum atomic E-state index is -0.0374. The van der Waals surface area contributed by atoms with E-state index >= 15 is 0 Å². The summed E-state index contributed by atoms with van der Waals surface area (Å²) < 4.78 is 5.78. The van der Waals surface area contributed by atoms with Crippen LogP contribution in [0.4, 0.5) is 0 Å². The van der Waals surface area contributed by atoms with Crippen molar-refractivity contribution in [2.45, 2.75) is 43.4 Å². The van der Waals surface area contributed by atoms with Crippen LogP contribution in [0, 0.1) is 0 Å². The molecule has 0 saturated heterocycles. The topological polar surface area (TPSA) is 38.3 Å². The van der Waals surface area contributed by atoms with Crippen LogP contribution >= 0.6 is 11.8 Å². The van der Waals surface area contributed by atoms with Crippen molar-refractivity contribution in [3.05, 3.63) is 95.6 Å². The lowest BCUT2D eigenvalue weighted by Gasteiger charge is -2.16. The third kappa shape index (κ3) is 6.67. The number of hydrogen-bond donors (Lipinski definition) is 1. The van der Waals surface area contributed by atoms with E-state index < -0.39 is 0 Å². The second-order valence-electron chi connectivity index (χ2n) is 7.26. The Bertz CT molecular complexity index is 928. The monoisotopic (exact) mass is 419 g/mol. The van der Waals surface area contributed by atoms with Gasteiger partial charge in [-0.1, -0.05) is 48.5 Å². The van der Waals surface area contributed by atoms with Crippen molar-refractivity contribution in [1.82, 2.24) is 5.32 Å². The number of benzene rings is 3. The fourth-order valence-electron chi connectivity index (χ4n) is 3.21. The number of amides is 1. The van der Waals surface area contributed by atoms with Crippen LogP contribution in [0.15, 0.2) is 83.8 Å². The SMILES string of the molecule is CCOc1ccc(C(=O)N[C@@H](C)CCc2ccccc2)cc1CSc1ccccc1. The number of nitrogens with one attached hydrogen (secondary N) is 1. The highest BCUT2D eigenvalue weighted by atomic mass is 32.2. The summed E-state index contributed by atoms with van der Waals surface area (Å²) in [6.45, 7) is 4.63. The van der Waals surface area contributed by atoms with Gasteiger partial charge in [0.15, 0.2) is 0 Å². The van der Waals surface area contributed by atoms with Gasteiger partial charge in [-0.3, -0.25) is 4.79 Å². The minimum absolute atomic E-state index is 0.0374. The maximum Gasteiger partial charge on any atom is 0.251 e. The van der Waals surface area contributed by atoms with Crippen molar-refractivity contribution in [3.63, 3.8) is 0 Å². The number of hydrogen-bond acceptors (Lipinski definition) is 3. The van der Waals surface area contributed by atoms with Crippen molar-refractivity contribution in [3.8, 4) is 5.75 Å². The largest absolute Gasteiger partial charge is 0.494 e. The smallest absolute Gasteiger partial charge is 0.251 e. The fourth-order valence-corrected chi connectivity index (χ4v) is 4.11. The number of carbonyl (C=O) groups excluding carboxylic acids is 1. The van der Waals surface area contributed by atoms with Crippen molar-refractivity contribution in [2.24, 2.45) is 0 Å². The first-order valence-corrected chi connectivity index (χ1v) is 11.4. The Morgan fingerprint density at radius 2 is 1.70 bits per heavy atom. The molecule has 0 spiro atoms. The highest BCUT2D eigenvalue weighted by Crippen LogP contribution is 2.29. The predicted octanol–water partition coefficient (Wildman–Crippen LogP) is 6.13. The summed E-state index contributed by atoms with van der Waals surface area (Å²) >= 11 is 1.74. The fraction of sp³-hybridized carbons (Fsp3) is 0.269. The van der Waals surface area contributed by atoms with E-state index in [-0.39, 0.29) is 11.9 Å². The Morgan fingerprint density at radius 1 is 1.00 bits per heavy atom. The molecule has 0 aliphatic carbocycles. The molecule has 0 fully saturated rings. The normalized spacial score (nSPS) is 11.7. The summed E-state index contributed by atoms with van der Waals surface area (Å²) in [4.78, 5) is 14.0. The molecule has 1 N–H and O–H groups in total. The van der Waals surface area contributed by atoms with Crippen LogP contribution in [0.3, 0.4) is 0 Å². The second kappa shape index (κ2) is 11.5. The lowest BCUT2D eigenvalue weighted by molar-refractivity contribution is 0.0938. The van der Waals surface area contributed by atoms with E-state index in [2.05, 4.69) is 36.5 Å². The summed E-state index contributed by atoms with van der Waals surface area (Å²) in [6.07, 6.45) is 1.86. The summed E-state index contributed by atoms with van der Waals surface area (Å²) in [6, 6.07) is 26.5. The molecule has 4 heteroatoms. The lowest BCUT2D eigenvalue weighted by atomic mass is 10.1. The summed E-state index contributed by atoms with van der Waals surface area (Å²) in [7, 11) is 0. The first kappa shape index (κ1) is 22.0. The molecule has 3 rings (SSSR count). The van der Waals surface area contributed by atoms with Crippen LogP contribution in [0.2, 0.25) is 0 Å². The van der Waals surface area contributed by atoms with Gasteiger partial charge in [-0.05, 0) is 62.6 Å². The molecule has 30 heavy (non-hydrogen) atoms. The van der Waals surface area contributed by atoms with Crippen LogP contribution in [0.5, 0.6) is 5.75 Å². The quantitative estimate of drug-likeness (QED) is 0.402. The average Bonchev–Trinajstić information content (AvgIpc) is 2.78. The van der Waals surface area contributed by atoms with E-state index in [1.807, 2.05) is 61.5 Å². The van der Waals surface area contributed by atoms with Gasteiger partial charge in [0.2, 0.25) is 0 Å². The van der Waals surface area contributed by atoms with Crippen LogP contribution < -0.4 is 10.1 Å². The predicted molar refractivity (Wildman–Crippen MR) is 125 cm³/mol. The van der Waals surface area contributed by atoms with Crippen LogP contribution in [0.1, 0.15) is 41.8 Å². The average molecular weight is 420 g/mol. The van der Waals surface area contributed by atoms with E-state index in [0.29, 0.717) is 12.2 Å². The van der Waals surface area contributed by atoms with Crippen LogP contribution in [-0.4, -0.2) is 18.6 Å². The Balaban J connectivity index is 1.63. The van der Waals surface area contributed by atoms with Gasteiger partial charge >= 0.3 is 0 Å². The number of aryl methyl sites for hydroxylation is 1. The molecule has 0 aliphatic heterocycles. The zero-order valence-electron chi connectivity index (χ0n) is 17.6. The summed E-state index contributed by atoms with van der Waals surface area (Å²) in [5.74, 6) is 1.56. The molecule has 1 atom stereocenters. The molecule has 156 valence electrons. The summed E-state index contributed by atoms with van der Waals surface area (Å²) in [5.41, 5.74) is 3.00. The van der Waals surface area contributed by atoms with Gasteiger partial charge < -0.3 is 10.1 Å². The van der Waals surface area contributed by atoms with Gasteiger partial charge in [-0.25, -0.2) is 0 Å². The molecule has 0 bridgehead atoms. The third-order valence-electron chi connectivity index (χ3n) is 4.85. The lowest BCUT2D eigenvalue weighted by Crippen LogP contribution is -2.33. The van der Waals surface area contributed by atoms with Gasteiger partial charge in [0.1, 0.15) is 5.75 Å². The first-order valence-electron chi connectivity index (χ1n) is 10.4. The molecule has 0 saturated carbocycles. The maximum absolute atomic E-state index is 12.8. The Morgan fingerprint density at radius 3 is 2.40 bits per heavy atom. The maximum atomic E-state index is 12.8. The van der Waals surface area contributed by atoms with Crippen molar-refractivity contribution in [1.29, 1.82) is 0 Å². The Hall–Kier alpha value is -2.72. The van der Waals surface area contributed by atoms with Gasteiger partial charge in [-0.15, -0.1) is 11.8 Å². The van der Waals surface area contributed by atoms with E-state index in [1.165, 1.54) is 10.5 Å². The summed E-state index contributed by atoms with van der Waals surface area (Å²) in [5, 5.41) is 3.13. The van der Waals surface area contributed by atoms with E-state index in [4.69, 9.17) is 4.74 Å².